The first-order chi connectivity index (χ1) is 8.08. The van der Waals surface area contributed by atoms with Crippen molar-refractivity contribution in [2.45, 2.75) is 26.7 Å². The summed E-state index contributed by atoms with van der Waals surface area (Å²) in [7, 11) is 0. The van der Waals surface area contributed by atoms with Gasteiger partial charge in [-0.05, 0) is 24.1 Å². The Bertz CT molecular complexity index is 389. The molecule has 4 heteroatoms. The zero-order valence-electron chi connectivity index (χ0n) is 10.2. The zero-order valence-corrected chi connectivity index (χ0v) is 10.9. The molecular formula is C13H18ClNO2. The van der Waals surface area contributed by atoms with E-state index in [0.717, 1.165) is 12.8 Å². The van der Waals surface area contributed by atoms with Crippen molar-refractivity contribution in [3.63, 3.8) is 0 Å². The van der Waals surface area contributed by atoms with Gasteiger partial charge in [-0.25, -0.2) is 0 Å². The number of carbonyl (C=O) groups is 1. The van der Waals surface area contributed by atoms with Crippen molar-refractivity contribution in [1.29, 1.82) is 0 Å². The van der Waals surface area contributed by atoms with Crippen LogP contribution in [-0.2, 0) is 0 Å². The molecule has 0 saturated carbocycles. The van der Waals surface area contributed by atoms with Gasteiger partial charge in [0, 0.05) is 12.1 Å². The van der Waals surface area contributed by atoms with Gasteiger partial charge in [0.25, 0.3) is 5.91 Å². The zero-order chi connectivity index (χ0) is 12.8. The largest absolute Gasteiger partial charge is 0.506 e. The molecule has 0 atom stereocenters. The lowest BCUT2D eigenvalue weighted by Gasteiger charge is -2.13. The maximum Gasteiger partial charge on any atom is 0.251 e. The van der Waals surface area contributed by atoms with Crippen molar-refractivity contribution in [2.75, 3.05) is 6.54 Å². The Morgan fingerprint density at radius 2 is 2.06 bits per heavy atom. The van der Waals surface area contributed by atoms with Crippen molar-refractivity contribution in [1.82, 2.24) is 5.32 Å². The van der Waals surface area contributed by atoms with Crippen LogP contribution in [0, 0.1) is 5.92 Å². The maximum atomic E-state index is 11.8. The molecule has 0 aliphatic rings. The SMILES string of the molecule is CCC(CC)CNC(=O)c1ccc(O)c(Cl)c1. The van der Waals surface area contributed by atoms with Crippen molar-refractivity contribution in [3.05, 3.63) is 28.8 Å². The lowest BCUT2D eigenvalue weighted by atomic mass is 10.0. The first-order valence-electron chi connectivity index (χ1n) is 5.85. The molecule has 1 amide bonds. The minimum absolute atomic E-state index is 0.0109. The van der Waals surface area contributed by atoms with Gasteiger partial charge in [0.2, 0.25) is 0 Å². The predicted molar refractivity (Wildman–Crippen MR) is 69.5 cm³/mol. The van der Waals surface area contributed by atoms with Crippen LogP contribution in [0.3, 0.4) is 0 Å². The smallest absolute Gasteiger partial charge is 0.251 e. The second-order valence-corrected chi connectivity index (χ2v) is 4.47. The quantitative estimate of drug-likeness (QED) is 0.849. The molecule has 2 N–H and O–H groups in total. The van der Waals surface area contributed by atoms with Gasteiger partial charge < -0.3 is 10.4 Å². The first-order valence-corrected chi connectivity index (χ1v) is 6.23. The molecule has 1 rings (SSSR count). The third-order valence-corrected chi connectivity index (χ3v) is 3.22. The van der Waals surface area contributed by atoms with E-state index >= 15 is 0 Å². The van der Waals surface area contributed by atoms with Crippen molar-refractivity contribution in [3.8, 4) is 5.75 Å². The van der Waals surface area contributed by atoms with Gasteiger partial charge in [-0.2, -0.15) is 0 Å². The lowest BCUT2D eigenvalue weighted by molar-refractivity contribution is 0.0946. The van der Waals surface area contributed by atoms with Gasteiger partial charge in [0.15, 0.2) is 0 Å². The molecule has 1 aromatic rings. The first kappa shape index (κ1) is 13.8. The van der Waals surface area contributed by atoms with Gasteiger partial charge in [-0.15, -0.1) is 0 Å². The molecule has 0 aliphatic heterocycles. The Labute approximate surface area is 107 Å². The summed E-state index contributed by atoms with van der Waals surface area (Å²) >= 11 is 5.75. The lowest BCUT2D eigenvalue weighted by Crippen LogP contribution is -2.28. The highest BCUT2D eigenvalue weighted by atomic mass is 35.5. The van der Waals surface area contributed by atoms with E-state index in [1.165, 1.54) is 12.1 Å². The number of phenols is 1. The molecule has 0 heterocycles. The van der Waals surface area contributed by atoms with Gasteiger partial charge in [0.05, 0.1) is 5.02 Å². The summed E-state index contributed by atoms with van der Waals surface area (Å²) in [6.07, 6.45) is 2.10. The van der Waals surface area contributed by atoms with Crippen LogP contribution in [0.5, 0.6) is 5.75 Å². The minimum Gasteiger partial charge on any atom is -0.506 e. The number of hydrogen-bond acceptors (Lipinski definition) is 2. The average molecular weight is 256 g/mol. The molecule has 0 aliphatic carbocycles. The number of phenolic OH excluding ortho intramolecular Hbond substituents is 1. The molecule has 0 radical (unpaired) electrons. The molecule has 94 valence electrons. The molecule has 0 fully saturated rings. The van der Waals surface area contributed by atoms with E-state index in [9.17, 15) is 9.90 Å². The van der Waals surface area contributed by atoms with E-state index in [4.69, 9.17) is 11.6 Å². The van der Waals surface area contributed by atoms with E-state index < -0.39 is 0 Å². The normalized spacial score (nSPS) is 10.6. The molecular weight excluding hydrogens is 238 g/mol. The van der Waals surface area contributed by atoms with Crippen LogP contribution in [0.15, 0.2) is 18.2 Å². The fraction of sp³-hybridized carbons (Fsp3) is 0.462. The van der Waals surface area contributed by atoms with Crippen molar-refractivity contribution in [2.24, 2.45) is 5.92 Å². The molecule has 1 aromatic carbocycles. The summed E-state index contributed by atoms with van der Waals surface area (Å²) in [4.78, 5) is 11.8. The second-order valence-electron chi connectivity index (χ2n) is 4.06. The monoisotopic (exact) mass is 255 g/mol. The Balaban J connectivity index is 2.61. The van der Waals surface area contributed by atoms with Gasteiger partial charge in [0.1, 0.15) is 5.75 Å². The fourth-order valence-corrected chi connectivity index (χ4v) is 1.75. The van der Waals surface area contributed by atoms with E-state index in [1.54, 1.807) is 6.07 Å². The number of hydrogen-bond donors (Lipinski definition) is 2. The highest BCUT2D eigenvalue weighted by Gasteiger charge is 2.10. The van der Waals surface area contributed by atoms with Crippen LogP contribution in [0.4, 0.5) is 0 Å². The van der Waals surface area contributed by atoms with Gasteiger partial charge in [-0.1, -0.05) is 38.3 Å². The Hall–Kier alpha value is -1.22. The van der Waals surface area contributed by atoms with Crippen LogP contribution >= 0.6 is 11.6 Å². The van der Waals surface area contributed by atoms with E-state index in [0.29, 0.717) is 18.0 Å². The van der Waals surface area contributed by atoms with Gasteiger partial charge >= 0.3 is 0 Å². The Morgan fingerprint density at radius 3 is 2.59 bits per heavy atom. The summed E-state index contributed by atoms with van der Waals surface area (Å²) in [5.74, 6) is 0.341. The maximum absolute atomic E-state index is 11.8. The molecule has 0 bridgehead atoms. The highest BCUT2D eigenvalue weighted by molar-refractivity contribution is 6.32. The number of benzene rings is 1. The molecule has 0 saturated heterocycles. The third-order valence-electron chi connectivity index (χ3n) is 2.92. The number of nitrogens with one attached hydrogen (secondary N) is 1. The average Bonchev–Trinajstić information content (AvgIpc) is 2.33. The minimum atomic E-state index is -0.154. The number of amides is 1. The number of halogens is 1. The summed E-state index contributed by atoms with van der Waals surface area (Å²) in [6.45, 7) is 4.89. The Kier molecular flexibility index (Phi) is 5.29. The van der Waals surface area contributed by atoms with Crippen LogP contribution in [0.25, 0.3) is 0 Å². The summed E-state index contributed by atoms with van der Waals surface area (Å²) in [6, 6.07) is 4.46. The summed E-state index contributed by atoms with van der Waals surface area (Å²) < 4.78 is 0. The van der Waals surface area contributed by atoms with Crippen LogP contribution < -0.4 is 5.32 Å². The van der Waals surface area contributed by atoms with Crippen molar-refractivity contribution >= 4 is 17.5 Å². The number of aromatic hydroxyl groups is 1. The second kappa shape index (κ2) is 6.50. The number of carbonyl (C=O) groups excluding carboxylic acids is 1. The molecule has 0 aromatic heterocycles. The van der Waals surface area contributed by atoms with Crippen LogP contribution in [-0.4, -0.2) is 17.6 Å². The van der Waals surface area contributed by atoms with E-state index in [1.807, 2.05) is 0 Å². The Morgan fingerprint density at radius 1 is 1.41 bits per heavy atom. The summed E-state index contributed by atoms with van der Waals surface area (Å²) in [5.41, 5.74) is 0.471. The van der Waals surface area contributed by atoms with E-state index in [-0.39, 0.29) is 16.7 Å². The van der Waals surface area contributed by atoms with Gasteiger partial charge in [-0.3, -0.25) is 4.79 Å². The van der Waals surface area contributed by atoms with Crippen molar-refractivity contribution < 1.29 is 9.90 Å². The topological polar surface area (TPSA) is 49.3 Å². The molecule has 0 unspecified atom stereocenters. The standard InChI is InChI=1S/C13H18ClNO2/c1-3-9(4-2)8-15-13(17)10-5-6-12(16)11(14)7-10/h5-7,9,16H,3-4,8H2,1-2H3,(H,15,17). The fourth-order valence-electron chi connectivity index (χ4n) is 1.56. The molecule has 0 spiro atoms. The number of rotatable bonds is 5. The van der Waals surface area contributed by atoms with Crippen LogP contribution in [0.2, 0.25) is 5.02 Å². The molecule has 17 heavy (non-hydrogen) atoms. The third kappa shape index (κ3) is 3.93. The molecule has 3 nitrogen and oxygen atoms in total. The van der Waals surface area contributed by atoms with E-state index in [2.05, 4.69) is 19.2 Å². The van der Waals surface area contributed by atoms with Crippen LogP contribution in [0.1, 0.15) is 37.0 Å². The summed E-state index contributed by atoms with van der Waals surface area (Å²) in [5, 5.41) is 12.3. The highest BCUT2D eigenvalue weighted by Crippen LogP contribution is 2.23. The predicted octanol–water partition coefficient (Wildman–Crippen LogP) is 3.21.